The van der Waals surface area contributed by atoms with Crippen molar-refractivity contribution in [2.45, 2.75) is 38.2 Å². The number of fused-ring (bicyclic) bond motifs is 1. The van der Waals surface area contributed by atoms with Crippen LogP contribution in [0.3, 0.4) is 0 Å². The topological polar surface area (TPSA) is 173 Å². The first-order valence-electron chi connectivity index (χ1n) is 12.5. The first kappa shape index (κ1) is 35.4. The number of pyridine rings is 1. The number of nitrogens with two attached hydrogens (primary N) is 1. The number of anilines is 2. The number of carboxylic acids is 2. The number of rotatable bonds is 9. The van der Waals surface area contributed by atoms with E-state index in [-0.39, 0.29) is 0 Å². The van der Waals surface area contributed by atoms with Crippen LogP contribution in [0.5, 0.6) is 11.5 Å². The van der Waals surface area contributed by atoms with Crippen molar-refractivity contribution in [1.82, 2.24) is 10.3 Å². The highest BCUT2D eigenvalue weighted by molar-refractivity contribution is 6.08. The number of amides is 1. The highest BCUT2D eigenvalue weighted by atomic mass is 19.4. The fourth-order valence-corrected chi connectivity index (χ4v) is 3.35. The van der Waals surface area contributed by atoms with E-state index in [4.69, 9.17) is 35.0 Å². The number of nitrogens with zero attached hydrogens (tertiary/aromatic N) is 1. The molecule has 1 fully saturated rings. The average molecular weight is 635 g/mol. The maximum Gasteiger partial charge on any atom is 0.490 e. The number of aromatic nitrogens is 1. The summed E-state index contributed by atoms with van der Waals surface area (Å²) < 4.78 is 75.0. The number of primary amides is 1. The summed E-state index contributed by atoms with van der Waals surface area (Å²) in [7, 11) is 1.60. The van der Waals surface area contributed by atoms with Crippen LogP contribution in [0, 0.1) is 6.92 Å². The van der Waals surface area contributed by atoms with E-state index < -0.39 is 30.2 Å². The average Bonchev–Trinajstić information content (AvgIpc) is 3.76. The molecule has 1 aliphatic rings. The SMILES string of the molecule is COc1cc2ncc(C(N)=O)c(Nc3ccccc3C)c2cc1OCCNC1CC1.O=C(O)C(F)(F)F.O=C(O)C(F)(F)F. The monoisotopic (exact) mass is 634 g/mol. The van der Waals surface area contributed by atoms with Crippen LogP contribution in [0.25, 0.3) is 10.9 Å². The lowest BCUT2D eigenvalue weighted by Crippen LogP contribution is -2.22. The molecule has 0 spiro atoms. The van der Waals surface area contributed by atoms with Crippen molar-refractivity contribution in [1.29, 1.82) is 0 Å². The zero-order valence-electron chi connectivity index (χ0n) is 23.2. The predicted octanol–water partition coefficient (Wildman–Crippen LogP) is 4.79. The summed E-state index contributed by atoms with van der Waals surface area (Å²) in [5.74, 6) is -4.87. The summed E-state index contributed by atoms with van der Waals surface area (Å²) in [5, 5.41) is 21.8. The Balaban J connectivity index is 0.000000402. The van der Waals surface area contributed by atoms with Gasteiger partial charge in [0.05, 0.1) is 23.9 Å². The van der Waals surface area contributed by atoms with E-state index in [0.29, 0.717) is 40.9 Å². The maximum atomic E-state index is 12.1. The molecule has 1 aromatic heterocycles. The quantitative estimate of drug-likeness (QED) is 0.163. The number of aryl methyl sites for hydroxylation is 1. The van der Waals surface area contributed by atoms with E-state index in [0.717, 1.165) is 23.2 Å². The predicted molar refractivity (Wildman–Crippen MR) is 145 cm³/mol. The van der Waals surface area contributed by atoms with Gasteiger partial charge in [0.15, 0.2) is 11.5 Å². The molecule has 0 radical (unpaired) electrons. The highest BCUT2D eigenvalue weighted by Gasteiger charge is 2.38. The van der Waals surface area contributed by atoms with Gasteiger partial charge in [-0.25, -0.2) is 9.59 Å². The number of hydrogen-bond donors (Lipinski definition) is 5. The van der Waals surface area contributed by atoms with E-state index in [2.05, 4.69) is 15.6 Å². The number of methoxy groups -OCH3 is 1. The van der Waals surface area contributed by atoms with Gasteiger partial charge in [-0.15, -0.1) is 0 Å². The molecule has 0 unspecified atom stereocenters. The van der Waals surface area contributed by atoms with E-state index in [1.807, 2.05) is 43.3 Å². The Labute approximate surface area is 246 Å². The van der Waals surface area contributed by atoms with Crippen molar-refractivity contribution in [3.8, 4) is 11.5 Å². The van der Waals surface area contributed by atoms with Gasteiger partial charge in [0, 0.05) is 35.9 Å². The van der Waals surface area contributed by atoms with Crippen LogP contribution in [0.4, 0.5) is 37.7 Å². The van der Waals surface area contributed by atoms with Gasteiger partial charge in [-0.3, -0.25) is 9.78 Å². The molecule has 44 heavy (non-hydrogen) atoms. The molecule has 1 saturated carbocycles. The molecule has 1 aliphatic carbocycles. The summed E-state index contributed by atoms with van der Waals surface area (Å²) in [6, 6.07) is 12.1. The van der Waals surface area contributed by atoms with Gasteiger partial charge in [-0.1, -0.05) is 18.2 Å². The van der Waals surface area contributed by atoms with Crippen LogP contribution in [-0.2, 0) is 9.59 Å². The number of carbonyl (C=O) groups excluding carboxylic acids is 1. The molecule has 4 rings (SSSR count). The maximum absolute atomic E-state index is 12.1. The molecule has 0 saturated heterocycles. The van der Waals surface area contributed by atoms with E-state index >= 15 is 0 Å². The first-order chi connectivity index (χ1) is 20.4. The molecule has 240 valence electrons. The third-order valence-electron chi connectivity index (χ3n) is 5.68. The molecule has 17 heteroatoms. The van der Waals surface area contributed by atoms with Crippen LogP contribution in [-0.4, -0.2) is 71.7 Å². The third-order valence-corrected chi connectivity index (χ3v) is 5.68. The number of ether oxygens (including phenoxy) is 2. The number of halogens is 6. The van der Waals surface area contributed by atoms with Crippen molar-refractivity contribution in [3.05, 3.63) is 53.7 Å². The number of benzene rings is 2. The Hall–Kier alpha value is -4.80. The molecule has 1 heterocycles. The number of para-hydroxylation sites is 1. The number of hydrogen-bond acceptors (Lipinski definition) is 8. The lowest BCUT2D eigenvalue weighted by Gasteiger charge is -2.17. The van der Waals surface area contributed by atoms with E-state index in [1.54, 1.807) is 7.11 Å². The molecular formula is C27H28F6N4O7. The number of nitrogens with one attached hydrogen (secondary N) is 2. The second-order valence-electron chi connectivity index (χ2n) is 9.05. The van der Waals surface area contributed by atoms with Crippen molar-refractivity contribution in [2.75, 3.05) is 25.6 Å². The molecule has 2 aromatic carbocycles. The molecule has 3 aromatic rings. The molecule has 0 aliphatic heterocycles. The summed E-state index contributed by atoms with van der Waals surface area (Å²) in [6.07, 6.45) is -6.21. The first-order valence-corrected chi connectivity index (χ1v) is 12.5. The van der Waals surface area contributed by atoms with Gasteiger partial charge in [0.2, 0.25) is 0 Å². The fourth-order valence-electron chi connectivity index (χ4n) is 3.35. The molecule has 0 bridgehead atoms. The van der Waals surface area contributed by atoms with Gasteiger partial charge in [-0.05, 0) is 37.5 Å². The smallest absolute Gasteiger partial charge is 0.490 e. The number of carbonyl (C=O) groups is 3. The second kappa shape index (κ2) is 15.1. The van der Waals surface area contributed by atoms with Gasteiger partial charge in [0.25, 0.3) is 5.91 Å². The number of aliphatic carboxylic acids is 2. The minimum Gasteiger partial charge on any atom is -0.493 e. The van der Waals surface area contributed by atoms with Crippen LogP contribution in [0.15, 0.2) is 42.6 Å². The Morgan fingerprint density at radius 2 is 1.57 bits per heavy atom. The Morgan fingerprint density at radius 3 is 2.05 bits per heavy atom. The second-order valence-corrected chi connectivity index (χ2v) is 9.05. The van der Waals surface area contributed by atoms with Gasteiger partial charge < -0.3 is 36.1 Å². The molecule has 6 N–H and O–H groups in total. The molecule has 0 atom stereocenters. The van der Waals surface area contributed by atoms with Crippen molar-refractivity contribution < 1.29 is 60.4 Å². The summed E-state index contributed by atoms with van der Waals surface area (Å²) >= 11 is 0. The standard InChI is InChI=1S/C23H26N4O3.2C2HF3O2/c1-14-5-3-4-6-18(14)27-22-16-11-21(30-10-9-25-15-7-8-15)20(29-2)12-19(16)26-13-17(22)23(24)28;2*3-2(4,5)1(6)7/h3-6,11-13,15,25H,7-10H2,1-2H3,(H2,24,28)(H,26,27);2*(H,6,7). The van der Waals surface area contributed by atoms with Crippen LogP contribution in [0.1, 0.15) is 28.8 Å². The van der Waals surface area contributed by atoms with E-state index in [9.17, 15) is 31.1 Å². The molecular weight excluding hydrogens is 606 g/mol. The lowest BCUT2D eigenvalue weighted by molar-refractivity contribution is -0.193. The summed E-state index contributed by atoms with van der Waals surface area (Å²) in [4.78, 5) is 34.3. The number of carboxylic acid groups (broad SMARTS) is 2. The summed E-state index contributed by atoms with van der Waals surface area (Å²) in [6.45, 7) is 3.28. The lowest BCUT2D eigenvalue weighted by atomic mass is 10.1. The van der Waals surface area contributed by atoms with Crippen LogP contribution < -0.4 is 25.8 Å². The number of alkyl halides is 6. The van der Waals surface area contributed by atoms with Gasteiger partial charge >= 0.3 is 24.3 Å². The minimum atomic E-state index is -5.08. The van der Waals surface area contributed by atoms with Gasteiger partial charge in [0.1, 0.15) is 6.61 Å². The Morgan fingerprint density at radius 1 is 1.00 bits per heavy atom. The minimum absolute atomic E-state index is 0.317. The van der Waals surface area contributed by atoms with Crippen molar-refractivity contribution in [3.63, 3.8) is 0 Å². The van der Waals surface area contributed by atoms with Crippen LogP contribution >= 0.6 is 0 Å². The Bertz CT molecular complexity index is 1450. The Kier molecular flexibility index (Phi) is 12.1. The van der Waals surface area contributed by atoms with Gasteiger partial charge in [-0.2, -0.15) is 26.3 Å². The zero-order chi connectivity index (χ0) is 33.2. The normalized spacial score (nSPS) is 12.6. The zero-order valence-corrected chi connectivity index (χ0v) is 23.2. The molecule has 1 amide bonds. The van der Waals surface area contributed by atoms with E-state index in [1.165, 1.54) is 19.0 Å². The largest absolute Gasteiger partial charge is 0.493 e. The summed E-state index contributed by atoms with van der Waals surface area (Å²) in [5.41, 5.74) is 9.18. The third kappa shape index (κ3) is 10.8. The van der Waals surface area contributed by atoms with Crippen LogP contribution in [0.2, 0.25) is 0 Å². The highest BCUT2D eigenvalue weighted by Crippen LogP contribution is 2.37. The van der Waals surface area contributed by atoms with Crippen molar-refractivity contribution >= 4 is 40.1 Å². The molecule has 11 nitrogen and oxygen atoms in total. The van der Waals surface area contributed by atoms with Crippen molar-refractivity contribution in [2.24, 2.45) is 5.73 Å². The fraction of sp³-hybridized carbons (Fsp3) is 0.333.